The number of pyridine rings is 1. The van der Waals surface area contributed by atoms with Crippen LogP contribution in [0.3, 0.4) is 0 Å². The molecule has 0 amide bonds. The van der Waals surface area contributed by atoms with Gasteiger partial charge in [0.05, 0.1) is 5.69 Å². The summed E-state index contributed by atoms with van der Waals surface area (Å²) < 4.78 is 19.4. The molecule has 1 aromatic carbocycles. The van der Waals surface area contributed by atoms with Crippen LogP contribution in [-0.2, 0) is 6.42 Å². The van der Waals surface area contributed by atoms with Crippen molar-refractivity contribution in [2.24, 2.45) is 11.5 Å². The van der Waals surface area contributed by atoms with Crippen LogP contribution in [0.5, 0.6) is 11.5 Å². The van der Waals surface area contributed by atoms with Gasteiger partial charge in [-0.3, -0.25) is 0 Å². The van der Waals surface area contributed by atoms with E-state index in [1.165, 1.54) is 35.2 Å². The van der Waals surface area contributed by atoms with Crippen LogP contribution in [-0.4, -0.2) is 26.5 Å². The van der Waals surface area contributed by atoms with Crippen LogP contribution in [0.25, 0.3) is 6.08 Å². The first-order valence-corrected chi connectivity index (χ1v) is 12.4. The van der Waals surface area contributed by atoms with Gasteiger partial charge in [-0.2, -0.15) is 0 Å². The average Bonchev–Trinajstić information content (AvgIpc) is 3.23. The van der Waals surface area contributed by atoms with Crippen molar-refractivity contribution < 1.29 is 9.13 Å². The van der Waals surface area contributed by atoms with E-state index >= 15 is 0 Å². The van der Waals surface area contributed by atoms with Gasteiger partial charge >= 0.3 is 0 Å². The molecular formula is C24H24FN7OS2. The molecule has 180 valence electrons. The molecule has 0 unspecified atom stereocenters. The summed E-state index contributed by atoms with van der Waals surface area (Å²) in [6.45, 7) is 4.21. The maximum Gasteiger partial charge on any atom is 0.188 e. The summed E-state index contributed by atoms with van der Waals surface area (Å²) in [4.78, 5) is 18.9. The second-order valence-corrected chi connectivity index (χ2v) is 9.53. The molecule has 0 aliphatic rings. The molecule has 11 heteroatoms. The quantitative estimate of drug-likeness (QED) is 0.258. The fourth-order valence-electron chi connectivity index (χ4n) is 3.02. The second kappa shape index (κ2) is 11.3. The fraction of sp³-hybridized carbons (Fsp3) is 0.167. The van der Waals surface area contributed by atoms with E-state index in [0.717, 1.165) is 21.3 Å². The Hall–Kier alpha value is -3.54. The number of anilines is 2. The Bertz CT molecular complexity index is 1340. The predicted octanol–water partition coefficient (Wildman–Crippen LogP) is 5.28. The molecule has 4 aromatic rings. The minimum Gasteiger partial charge on any atom is -0.453 e. The number of nitrogens with two attached hydrogens (primary N) is 2. The molecule has 0 bridgehead atoms. The van der Waals surface area contributed by atoms with Crippen LogP contribution < -0.4 is 21.5 Å². The first-order chi connectivity index (χ1) is 16.9. The number of hydrogen-bond donors (Lipinski definition) is 3. The number of ether oxygens (including phenoxy) is 1. The lowest BCUT2D eigenvalue weighted by atomic mass is 10.3. The lowest BCUT2D eigenvalue weighted by molar-refractivity contribution is 0.479. The Balaban J connectivity index is 1.64. The molecule has 4 rings (SSSR count). The van der Waals surface area contributed by atoms with E-state index in [0.29, 0.717) is 46.9 Å². The number of hydrogen-bond acceptors (Lipinski definition) is 10. The van der Waals surface area contributed by atoms with E-state index in [2.05, 4.69) is 25.3 Å². The zero-order chi connectivity index (χ0) is 24.8. The van der Waals surface area contributed by atoms with Gasteiger partial charge < -0.3 is 21.5 Å². The molecule has 35 heavy (non-hydrogen) atoms. The van der Waals surface area contributed by atoms with Gasteiger partial charge in [0.2, 0.25) is 0 Å². The maximum absolute atomic E-state index is 13.4. The van der Waals surface area contributed by atoms with Crippen LogP contribution in [0.4, 0.5) is 15.3 Å². The SMILES string of the molecule is CC(N)=Cc1nc(C)cc(Sc2cnc(Nc3nc(CCN)cs3)c(Oc3ccc(F)cc3)c2)n1. The third kappa shape index (κ3) is 6.98. The Kier molecular flexibility index (Phi) is 7.91. The van der Waals surface area contributed by atoms with Crippen molar-refractivity contribution in [3.05, 3.63) is 76.7 Å². The van der Waals surface area contributed by atoms with Crippen LogP contribution in [0.1, 0.15) is 24.1 Å². The summed E-state index contributed by atoms with van der Waals surface area (Å²) in [5.74, 6) is 1.61. The van der Waals surface area contributed by atoms with Gasteiger partial charge in [0.15, 0.2) is 22.5 Å². The lowest BCUT2D eigenvalue weighted by Gasteiger charge is -2.12. The normalized spacial score (nSPS) is 11.5. The van der Waals surface area contributed by atoms with E-state index in [1.807, 2.05) is 24.4 Å². The number of thiazole rings is 1. The fourth-order valence-corrected chi connectivity index (χ4v) is 4.64. The first kappa shape index (κ1) is 24.6. The van der Waals surface area contributed by atoms with Gasteiger partial charge in [-0.1, -0.05) is 11.8 Å². The predicted molar refractivity (Wildman–Crippen MR) is 138 cm³/mol. The Labute approximate surface area is 210 Å². The number of halogens is 1. The van der Waals surface area contributed by atoms with E-state index in [4.69, 9.17) is 16.2 Å². The molecule has 0 aliphatic heterocycles. The number of allylic oxidation sites excluding steroid dienone is 1. The molecule has 0 fully saturated rings. The summed E-state index contributed by atoms with van der Waals surface area (Å²) in [5, 5.41) is 6.58. The van der Waals surface area contributed by atoms with Crippen LogP contribution in [0.2, 0.25) is 0 Å². The van der Waals surface area contributed by atoms with Gasteiger partial charge in [0, 0.05) is 46.4 Å². The number of rotatable bonds is 9. The van der Waals surface area contributed by atoms with Crippen LogP contribution >= 0.6 is 23.1 Å². The highest BCUT2D eigenvalue weighted by atomic mass is 32.2. The molecule has 0 saturated heterocycles. The number of nitrogens with one attached hydrogen (secondary N) is 1. The van der Waals surface area contributed by atoms with Gasteiger partial charge in [0.1, 0.15) is 16.6 Å². The summed E-state index contributed by atoms with van der Waals surface area (Å²) in [6, 6.07) is 9.53. The highest BCUT2D eigenvalue weighted by Gasteiger charge is 2.13. The average molecular weight is 510 g/mol. The van der Waals surface area contributed by atoms with Gasteiger partial charge in [-0.05, 0) is 50.7 Å². The van der Waals surface area contributed by atoms with Crippen molar-refractivity contribution in [2.45, 2.75) is 30.2 Å². The standard InChI is InChI=1S/C24H24FN7OS2/c1-14(27)9-21-29-15(2)10-22(31-21)35-19-11-20(33-18-5-3-16(25)4-6-18)23(28-12-19)32-24-30-17(7-8-26)13-34-24/h3-6,9-13H,7-8,26-27H2,1-2H3,(H,28,30,32). The highest BCUT2D eigenvalue weighted by Crippen LogP contribution is 2.36. The molecule has 0 spiro atoms. The molecule has 5 N–H and O–H groups in total. The molecular weight excluding hydrogens is 485 g/mol. The van der Waals surface area contributed by atoms with Crippen molar-refractivity contribution in [2.75, 3.05) is 11.9 Å². The van der Waals surface area contributed by atoms with Crippen molar-refractivity contribution in [3.63, 3.8) is 0 Å². The topological polar surface area (TPSA) is 125 Å². The third-order valence-corrected chi connectivity index (χ3v) is 6.16. The van der Waals surface area contributed by atoms with Crippen molar-refractivity contribution >= 4 is 40.1 Å². The monoisotopic (exact) mass is 509 g/mol. The number of benzene rings is 1. The summed E-state index contributed by atoms with van der Waals surface area (Å²) >= 11 is 2.87. The summed E-state index contributed by atoms with van der Waals surface area (Å²) in [6.07, 6.45) is 4.14. The van der Waals surface area contributed by atoms with E-state index in [-0.39, 0.29) is 5.82 Å². The van der Waals surface area contributed by atoms with E-state index in [1.54, 1.807) is 31.3 Å². The van der Waals surface area contributed by atoms with E-state index in [9.17, 15) is 4.39 Å². The van der Waals surface area contributed by atoms with Crippen LogP contribution in [0.15, 0.2) is 63.6 Å². The maximum atomic E-state index is 13.4. The zero-order valence-corrected chi connectivity index (χ0v) is 20.8. The molecule has 0 radical (unpaired) electrons. The molecule has 8 nitrogen and oxygen atoms in total. The number of nitrogens with zero attached hydrogens (tertiary/aromatic N) is 4. The van der Waals surface area contributed by atoms with Crippen molar-refractivity contribution in [3.8, 4) is 11.5 Å². The summed E-state index contributed by atoms with van der Waals surface area (Å²) in [5.41, 5.74) is 13.8. The Morgan fingerprint density at radius 1 is 1.20 bits per heavy atom. The molecule has 3 aromatic heterocycles. The van der Waals surface area contributed by atoms with Gasteiger partial charge in [0.25, 0.3) is 0 Å². The first-order valence-electron chi connectivity index (χ1n) is 10.7. The molecule has 0 saturated carbocycles. The van der Waals surface area contributed by atoms with Crippen LogP contribution in [0, 0.1) is 12.7 Å². The third-order valence-electron chi connectivity index (χ3n) is 4.47. The van der Waals surface area contributed by atoms with Crippen molar-refractivity contribution in [1.29, 1.82) is 0 Å². The Morgan fingerprint density at radius 2 is 2.00 bits per heavy atom. The largest absolute Gasteiger partial charge is 0.453 e. The number of aromatic nitrogens is 4. The minimum atomic E-state index is -0.343. The smallest absolute Gasteiger partial charge is 0.188 e. The molecule has 0 aliphatic carbocycles. The molecule has 0 atom stereocenters. The number of aryl methyl sites for hydroxylation is 1. The Morgan fingerprint density at radius 3 is 2.74 bits per heavy atom. The zero-order valence-electron chi connectivity index (χ0n) is 19.2. The minimum absolute atomic E-state index is 0.343. The van der Waals surface area contributed by atoms with Gasteiger partial charge in [-0.15, -0.1) is 11.3 Å². The van der Waals surface area contributed by atoms with Crippen molar-refractivity contribution in [1.82, 2.24) is 19.9 Å². The molecule has 3 heterocycles. The summed E-state index contributed by atoms with van der Waals surface area (Å²) in [7, 11) is 0. The second-order valence-electron chi connectivity index (χ2n) is 7.58. The van der Waals surface area contributed by atoms with Gasteiger partial charge in [-0.25, -0.2) is 24.3 Å². The lowest BCUT2D eigenvalue weighted by Crippen LogP contribution is -2.03. The van der Waals surface area contributed by atoms with E-state index < -0.39 is 0 Å². The highest BCUT2D eigenvalue weighted by molar-refractivity contribution is 7.99.